The predicted octanol–water partition coefficient (Wildman–Crippen LogP) is 0.222. The molecule has 0 spiro atoms. The highest BCUT2D eigenvalue weighted by Crippen LogP contribution is 2.09. The first-order chi connectivity index (χ1) is 15.3. The first-order valence-electron chi connectivity index (χ1n) is 9.70. The lowest BCUT2D eigenvalue weighted by atomic mass is 10.2. The molecule has 0 saturated carbocycles. The summed E-state index contributed by atoms with van der Waals surface area (Å²) < 4.78 is 6.74. The molecule has 0 bridgehead atoms. The minimum atomic E-state index is -0.999. The Hall–Kier alpha value is -3.91. The zero-order valence-electron chi connectivity index (χ0n) is 17.5. The number of carboxylic acid groups (broad SMARTS) is 1. The monoisotopic (exact) mass is 458 g/mol. The van der Waals surface area contributed by atoms with Crippen LogP contribution >= 0.6 is 11.3 Å². The van der Waals surface area contributed by atoms with Gasteiger partial charge in [-0.25, -0.2) is 4.79 Å². The number of rotatable bonds is 9. The number of aliphatic carboxylic acids is 1. The highest BCUT2D eigenvalue weighted by Gasteiger charge is 2.16. The van der Waals surface area contributed by atoms with Gasteiger partial charge >= 0.3 is 11.9 Å². The van der Waals surface area contributed by atoms with Crippen LogP contribution in [0.4, 0.5) is 5.69 Å². The number of carbonyl (C=O) groups excluding carboxylic acids is 2. The van der Waals surface area contributed by atoms with E-state index in [1.54, 1.807) is 38.1 Å². The van der Waals surface area contributed by atoms with E-state index < -0.39 is 17.8 Å². The maximum atomic E-state index is 12.7. The average Bonchev–Trinajstić information content (AvgIpc) is 3.08. The summed E-state index contributed by atoms with van der Waals surface area (Å²) in [6, 6.07) is 8.18. The van der Waals surface area contributed by atoms with Gasteiger partial charge in [-0.1, -0.05) is 0 Å². The largest absolute Gasteiger partial charge is 0.481 e. The van der Waals surface area contributed by atoms with E-state index in [2.05, 4.69) is 10.6 Å². The molecule has 0 atom stereocenters. The third kappa shape index (κ3) is 6.05. The van der Waals surface area contributed by atoms with E-state index in [-0.39, 0.29) is 46.4 Å². The molecule has 0 saturated heterocycles. The van der Waals surface area contributed by atoms with Gasteiger partial charge in [0.15, 0.2) is 5.57 Å². The molecule has 3 N–H and O–H groups in total. The molecule has 1 amide bonds. The summed E-state index contributed by atoms with van der Waals surface area (Å²) in [5.74, 6) is -2.18. The minimum absolute atomic E-state index is 0.0276. The van der Waals surface area contributed by atoms with Crippen LogP contribution in [0.3, 0.4) is 0 Å². The molecule has 2 rings (SSSR count). The van der Waals surface area contributed by atoms with Crippen molar-refractivity contribution in [1.29, 1.82) is 5.26 Å². The topological polar surface area (TPSA) is 151 Å². The number of nitrogens with one attached hydrogen (secondary N) is 2. The van der Waals surface area contributed by atoms with Crippen molar-refractivity contribution in [1.82, 2.24) is 9.88 Å². The molecule has 11 heteroatoms. The average molecular weight is 458 g/mol. The van der Waals surface area contributed by atoms with Crippen molar-refractivity contribution >= 4 is 46.6 Å². The SMILES string of the molecule is CCOC(=O)/C(C#N)=c1\s/c(=C/Nc2ccc(C(=O)NCCC(=O)O)cc2)c(=O)n1CC. The first kappa shape index (κ1) is 24.4. The first-order valence-corrected chi connectivity index (χ1v) is 10.5. The summed E-state index contributed by atoms with van der Waals surface area (Å²) in [6.45, 7) is 3.77. The Morgan fingerprint density at radius 2 is 1.94 bits per heavy atom. The molecule has 2 aromatic rings. The number of benzene rings is 1. The number of amides is 1. The van der Waals surface area contributed by atoms with Crippen molar-refractivity contribution < 1.29 is 24.2 Å². The summed E-state index contributed by atoms with van der Waals surface area (Å²) in [7, 11) is 0. The molecule has 168 valence electrons. The molecular formula is C21H22N4O6S. The fourth-order valence-corrected chi connectivity index (χ4v) is 3.71. The number of aromatic nitrogens is 1. The Morgan fingerprint density at radius 1 is 1.25 bits per heavy atom. The Morgan fingerprint density at radius 3 is 2.50 bits per heavy atom. The normalized spacial score (nSPS) is 12.0. The number of ether oxygens (including phenoxy) is 1. The lowest BCUT2D eigenvalue weighted by molar-refractivity contribution is -0.137. The molecule has 1 heterocycles. The second-order valence-corrected chi connectivity index (χ2v) is 7.32. The number of carbonyl (C=O) groups is 3. The van der Waals surface area contributed by atoms with Crippen molar-refractivity contribution in [3.05, 3.63) is 49.4 Å². The van der Waals surface area contributed by atoms with Gasteiger partial charge in [-0.2, -0.15) is 5.26 Å². The van der Waals surface area contributed by atoms with Gasteiger partial charge in [-0.05, 0) is 38.1 Å². The van der Waals surface area contributed by atoms with Crippen molar-refractivity contribution in [2.24, 2.45) is 0 Å². The van der Waals surface area contributed by atoms with E-state index in [0.29, 0.717) is 11.3 Å². The Bertz CT molecular complexity index is 1220. The van der Waals surface area contributed by atoms with Gasteiger partial charge in [0.25, 0.3) is 11.5 Å². The van der Waals surface area contributed by atoms with Gasteiger partial charge in [0.2, 0.25) is 0 Å². The van der Waals surface area contributed by atoms with Crippen LogP contribution in [-0.2, 0) is 20.9 Å². The maximum Gasteiger partial charge on any atom is 0.351 e. The summed E-state index contributed by atoms with van der Waals surface area (Å²) in [5.41, 5.74) is 0.370. The summed E-state index contributed by atoms with van der Waals surface area (Å²) in [4.78, 5) is 47.2. The lowest BCUT2D eigenvalue weighted by Crippen LogP contribution is -2.32. The van der Waals surface area contributed by atoms with Gasteiger partial charge in [-0.15, -0.1) is 11.3 Å². The van der Waals surface area contributed by atoms with E-state index in [1.807, 2.05) is 6.07 Å². The third-order valence-electron chi connectivity index (χ3n) is 4.17. The third-order valence-corrected chi connectivity index (χ3v) is 5.30. The van der Waals surface area contributed by atoms with Crippen LogP contribution in [-0.4, -0.2) is 40.7 Å². The van der Waals surface area contributed by atoms with Gasteiger partial charge in [0, 0.05) is 30.5 Å². The van der Waals surface area contributed by atoms with Crippen LogP contribution in [0, 0.1) is 11.3 Å². The lowest BCUT2D eigenvalue weighted by Gasteiger charge is -2.05. The molecule has 32 heavy (non-hydrogen) atoms. The maximum absolute atomic E-state index is 12.7. The molecule has 0 unspecified atom stereocenters. The van der Waals surface area contributed by atoms with Gasteiger partial charge in [0.1, 0.15) is 15.3 Å². The molecule has 0 radical (unpaired) electrons. The van der Waals surface area contributed by atoms with Crippen LogP contribution in [0.1, 0.15) is 30.6 Å². The number of esters is 1. The molecule has 0 fully saturated rings. The molecule has 10 nitrogen and oxygen atoms in total. The Balaban J connectivity index is 2.27. The smallest absolute Gasteiger partial charge is 0.351 e. The molecule has 1 aromatic heterocycles. The van der Waals surface area contributed by atoms with E-state index in [0.717, 1.165) is 11.3 Å². The quantitative estimate of drug-likeness (QED) is 0.452. The molecule has 1 aromatic carbocycles. The fraction of sp³-hybridized carbons (Fsp3) is 0.286. The molecular weight excluding hydrogens is 436 g/mol. The van der Waals surface area contributed by atoms with Crippen LogP contribution in [0.25, 0.3) is 11.8 Å². The summed E-state index contributed by atoms with van der Waals surface area (Å²) in [5, 5.41) is 23.4. The minimum Gasteiger partial charge on any atom is -0.481 e. The van der Waals surface area contributed by atoms with Gasteiger partial charge in [-0.3, -0.25) is 19.0 Å². The fourth-order valence-electron chi connectivity index (χ4n) is 2.63. The van der Waals surface area contributed by atoms with Gasteiger partial charge < -0.3 is 20.5 Å². The Kier molecular flexibility index (Phi) is 8.73. The predicted molar refractivity (Wildman–Crippen MR) is 118 cm³/mol. The zero-order valence-corrected chi connectivity index (χ0v) is 18.3. The van der Waals surface area contributed by atoms with Crippen LogP contribution < -0.4 is 25.4 Å². The van der Waals surface area contributed by atoms with Gasteiger partial charge in [0.05, 0.1) is 13.0 Å². The van der Waals surface area contributed by atoms with Crippen LogP contribution in [0.5, 0.6) is 0 Å². The van der Waals surface area contributed by atoms with E-state index >= 15 is 0 Å². The Labute approximate surface area is 187 Å². The van der Waals surface area contributed by atoms with Crippen molar-refractivity contribution in [3.63, 3.8) is 0 Å². The van der Waals surface area contributed by atoms with E-state index in [4.69, 9.17) is 9.84 Å². The highest BCUT2D eigenvalue weighted by atomic mass is 32.1. The molecule has 0 aliphatic carbocycles. The van der Waals surface area contributed by atoms with Crippen molar-refractivity contribution in [2.45, 2.75) is 26.8 Å². The number of nitriles is 1. The van der Waals surface area contributed by atoms with Crippen molar-refractivity contribution in [3.8, 4) is 6.07 Å². The van der Waals surface area contributed by atoms with Crippen LogP contribution in [0.15, 0.2) is 29.1 Å². The summed E-state index contributed by atoms with van der Waals surface area (Å²) >= 11 is 0.996. The van der Waals surface area contributed by atoms with E-state index in [1.165, 1.54) is 10.8 Å². The zero-order chi connectivity index (χ0) is 23.7. The number of hydrogen-bond donors (Lipinski definition) is 3. The number of nitrogens with zero attached hydrogens (tertiary/aromatic N) is 2. The van der Waals surface area contributed by atoms with Crippen molar-refractivity contribution in [2.75, 3.05) is 18.5 Å². The molecule has 0 aliphatic rings. The number of carboxylic acids is 1. The second-order valence-electron chi connectivity index (χ2n) is 6.29. The summed E-state index contributed by atoms with van der Waals surface area (Å²) in [6.07, 6.45) is 1.30. The number of thiazole rings is 1. The highest BCUT2D eigenvalue weighted by molar-refractivity contribution is 7.07. The second kappa shape index (κ2) is 11.5. The van der Waals surface area contributed by atoms with Crippen LogP contribution in [0.2, 0.25) is 0 Å². The number of anilines is 1. The standard InChI is InChI=1S/C21H22N4O6S/c1-3-25-19(29)16(32-20(25)15(11-22)21(30)31-4-2)12-24-14-7-5-13(6-8-14)18(28)23-10-9-17(26)27/h5-8,12,24H,3-4,9-10H2,1-2H3,(H,23,28)(H,26,27)/b16-12+,20-15-. The number of hydrogen-bond acceptors (Lipinski definition) is 8. The van der Waals surface area contributed by atoms with E-state index in [9.17, 15) is 24.4 Å². The molecule has 0 aliphatic heterocycles.